The molecule has 0 saturated carbocycles. The molecule has 1 heterocycles. The van der Waals surface area contributed by atoms with Gasteiger partial charge >= 0.3 is 0 Å². The van der Waals surface area contributed by atoms with Gasteiger partial charge in [0.05, 0.1) is 24.8 Å². The molecule has 21 heavy (non-hydrogen) atoms. The van der Waals surface area contributed by atoms with Gasteiger partial charge in [-0.05, 0) is 24.3 Å². The Bertz CT molecular complexity index is 778. The summed E-state index contributed by atoms with van der Waals surface area (Å²) in [5.41, 5.74) is 1.12. The maximum absolute atomic E-state index is 11.5. The highest BCUT2D eigenvalue weighted by molar-refractivity contribution is 8.13. The number of rotatable bonds is 5. The Morgan fingerprint density at radius 2 is 2.00 bits per heavy atom. The van der Waals surface area contributed by atoms with Gasteiger partial charge in [-0.3, -0.25) is 4.57 Å². The second-order valence-corrected chi connectivity index (χ2v) is 6.54. The Kier molecular flexibility index (Phi) is 4.57. The summed E-state index contributed by atoms with van der Waals surface area (Å²) in [5, 5.41) is 16.0. The van der Waals surface area contributed by atoms with Crippen molar-refractivity contribution in [2.24, 2.45) is 0 Å². The van der Waals surface area contributed by atoms with E-state index in [2.05, 4.69) is 10.2 Å². The summed E-state index contributed by atoms with van der Waals surface area (Å²) in [6.45, 7) is 0.515. The van der Waals surface area contributed by atoms with E-state index in [-0.39, 0.29) is 18.3 Å². The lowest BCUT2D eigenvalue weighted by atomic mass is 10.1. The molecule has 1 aromatic carbocycles. The van der Waals surface area contributed by atoms with Crippen molar-refractivity contribution in [2.45, 2.75) is 11.7 Å². The van der Waals surface area contributed by atoms with Crippen molar-refractivity contribution in [2.75, 3.05) is 13.7 Å². The van der Waals surface area contributed by atoms with Gasteiger partial charge in [-0.15, -0.1) is 10.2 Å². The van der Waals surface area contributed by atoms with Crippen LogP contribution in [0.15, 0.2) is 29.4 Å². The molecule has 0 bridgehead atoms. The van der Waals surface area contributed by atoms with Crippen molar-refractivity contribution >= 4 is 19.7 Å². The highest BCUT2D eigenvalue weighted by Crippen LogP contribution is 2.22. The summed E-state index contributed by atoms with van der Waals surface area (Å²) in [6.07, 6.45) is 0. The minimum Gasteiger partial charge on any atom is -0.383 e. The standard InChI is InChI=1S/C12H11ClN4O3S/c1-20-7-6-17-11(15-16-12(17)21(13,18)19)10-4-2-9(8-14)3-5-10/h2-5H,6-7H2,1H3. The Labute approximate surface area is 126 Å². The molecule has 0 unspecified atom stereocenters. The van der Waals surface area contributed by atoms with Gasteiger partial charge in [-0.2, -0.15) is 5.26 Å². The molecule has 2 aromatic rings. The summed E-state index contributed by atoms with van der Waals surface area (Å²) in [6, 6.07) is 8.55. The molecule has 0 amide bonds. The van der Waals surface area contributed by atoms with Gasteiger partial charge in [0.15, 0.2) is 5.82 Å². The van der Waals surface area contributed by atoms with Crippen LogP contribution in [0.5, 0.6) is 0 Å². The monoisotopic (exact) mass is 326 g/mol. The molecule has 0 aliphatic heterocycles. The van der Waals surface area contributed by atoms with Gasteiger partial charge in [-0.1, -0.05) is 0 Å². The van der Waals surface area contributed by atoms with Crippen LogP contribution < -0.4 is 0 Å². The fraction of sp³-hybridized carbons (Fsp3) is 0.250. The number of nitrogens with zero attached hydrogens (tertiary/aromatic N) is 4. The van der Waals surface area contributed by atoms with E-state index in [0.29, 0.717) is 17.0 Å². The second-order valence-electron chi connectivity index (χ2n) is 4.08. The van der Waals surface area contributed by atoms with Gasteiger partial charge in [0, 0.05) is 23.4 Å². The van der Waals surface area contributed by atoms with Crippen LogP contribution in [0, 0.1) is 11.3 Å². The Morgan fingerprint density at radius 1 is 1.33 bits per heavy atom. The van der Waals surface area contributed by atoms with Crippen molar-refractivity contribution < 1.29 is 13.2 Å². The first kappa shape index (κ1) is 15.4. The lowest BCUT2D eigenvalue weighted by Gasteiger charge is -2.08. The number of ether oxygens (including phenoxy) is 1. The van der Waals surface area contributed by atoms with Crippen molar-refractivity contribution in [1.82, 2.24) is 14.8 Å². The molecule has 0 atom stereocenters. The molecule has 0 aliphatic carbocycles. The van der Waals surface area contributed by atoms with Crippen LogP contribution in [-0.2, 0) is 20.3 Å². The number of aromatic nitrogens is 3. The first-order chi connectivity index (χ1) is 9.97. The lowest BCUT2D eigenvalue weighted by Crippen LogP contribution is -2.11. The molecule has 7 nitrogen and oxygen atoms in total. The zero-order valence-electron chi connectivity index (χ0n) is 11.0. The Balaban J connectivity index is 2.52. The van der Waals surface area contributed by atoms with Gasteiger partial charge in [0.1, 0.15) is 0 Å². The molecule has 0 N–H and O–H groups in total. The second kappa shape index (κ2) is 6.22. The van der Waals surface area contributed by atoms with Gasteiger partial charge < -0.3 is 4.74 Å². The van der Waals surface area contributed by atoms with E-state index in [1.165, 1.54) is 11.7 Å². The van der Waals surface area contributed by atoms with Crippen LogP contribution >= 0.6 is 10.7 Å². The molecule has 0 aliphatic rings. The number of hydrogen-bond acceptors (Lipinski definition) is 6. The molecule has 0 fully saturated rings. The first-order valence-electron chi connectivity index (χ1n) is 5.84. The lowest BCUT2D eigenvalue weighted by molar-refractivity contribution is 0.185. The van der Waals surface area contributed by atoms with Gasteiger partial charge in [0.25, 0.3) is 14.2 Å². The smallest absolute Gasteiger partial charge is 0.296 e. The largest absolute Gasteiger partial charge is 0.383 e. The number of benzene rings is 1. The number of hydrogen-bond donors (Lipinski definition) is 0. The first-order valence-corrected chi connectivity index (χ1v) is 8.15. The van der Waals surface area contributed by atoms with Crippen LogP contribution in [0.4, 0.5) is 0 Å². The Morgan fingerprint density at radius 3 is 2.52 bits per heavy atom. The maximum Gasteiger partial charge on any atom is 0.296 e. The fourth-order valence-electron chi connectivity index (χ4n) is 1.76. The predicted molar refractivity (Wildman–Crippen MR) is 75.1 cm³/mol. The average Bonchev–Trinajstić information content (AvgIpc) is 2.89. The maximum atomic E-state index is 11.5. The summed E-state index contributed by atoms with van der Waals surface area (Å²) in [4.78, 5) is 0. The van der Waals surface area contributed by atoms with E-state index >= 15 is 0 Å². The van der Waals surface area contributed by atoms with E-state index in [4.69, 9.17) is 20.7 Å². The Hall–Kier alpha value is -1.95. The van der Waals surface area contributed by atoms with Gasteiger partial charge in [-0.25, -0.2) is 8.42 Å². The van der Waals surface area contributed by atoms with E-state index in [0.717, 1.165) is 0 Å². The molecule has 1 aromatic heterocycles. The van der Waals surface area contributed by atoms with Gasteiger partial charge in [0.2, 0.25) is 0 Å². The summed E-state index contributed by atoms with van der Waals surface area (Å²) in [7, 11) is 2.85. The van der Waals surface area contributed by atoms with Crippen LogP contribution in [0.2, 0.25) is 0 Å². The minimum absolute atomic E-state index is 0.236. The van der Waals surface area contributed by atoms with E-state index < -0.39 is 9.05 Å². The molecule has 2 rings (SSSR count). The normalized spacial score (nSPS) is 11.3. The third kappa shape index (κ3) is 3.39. The molecule has 110 valence electrons. The quantitative estimate of drug-likeness (QED) is 0.770. The van der Waals surface area contributed by atoms with Crippen LogP contribution in [0.25, 0.3) is 11.4 Å². The van der Waals surface area contributed by atoms with Crippen LogP contribution in [-0.4, -0.2) is 36.9 Å². The summed E-state index contributed by atoms with van der Waals surface area (Å²) < 4.78 is 29.4. The molecule has 0 spiro atoms. The molecule has 0 radical (unpaired) electrons. The highest BCUT2D eigenvalue weighted by atomic mass is 35.7. The van der Waals surface area contributed by atoms with Crippen molar-refractivity contribution in [1.29, 1.82) is 5.26 Å². The van der Waals surface area contributed by atoms with Crippen LogP contribution in [0.1, 0.15) is 5.56 Å². The molecular weight excluding hydrogens is 316 g/mol. The van der Waals surface area contributed by atoms with Crippen LogP contribution in [0.3, 0.4) is 0 Å². The van der Waals surface area contributed by atoms with E-state index in [1.54, 1.807) is 24.3 Å². The zero-order chi connectivity index (χ0) is 15.5. The van der Waals surface area contributed by atoms with E-state index in [1.807, 2.05) is 6.07 Å². The molecular formula is C12H11ClN4O3S. The number of methoxy groups -OCH3 is 1. The highest BCUT2D eigenvalue weighted by Gasteiger charge is 2.23. The topological polar surface area (TPSA) is 97.9 Å². The third-order valence-electron chi connectivity index (χ3n) is 2.73. The average molecular weight is 327 g/mol. The summed E-state index contributed by atoms with van der Waals surface area (Å²) in [5.74, 6) is 0.343. The number of nitriles is 1. The minimum atomic E-state index is -4.01. The van der Waals surface area contributed by atoms with Crippen molar-refractivity contribution in [3.8, 4) is 17.5 Å². The van der Waals surface area contributed by atoms with Crippen molar-refractivity contribution in [3.05, 3.63) is 29.8 Å². The summed E-state index contributed by atoms with van der Waals surface area (Å²) >= 11 is 0. The number of halogens is 1. The van der Waals surface area contributed by atoms with Crippen molar-refractivity contribution in [3.63, 3.8) is 0 Å². The van der Waals surface area contributed by atoms with E-state index in [9.17, 15) is 8.42 Å². The third-order valence-corrected chi connectivity index (χ3v) is 3.88. The zero-order valence-corrected chi connectivity index (χ0v) is 12.6. The SMILES string of the molecule is COCCn1c(-c2ccc(C#N)cc2)nnc1S(=O)(=O)Cl. The molecule has 0 saturated heterocycles. The predicted octanol–water partition coefficient (Wildman–Crippen LogP) is 1.39. The fourth-order valence-corrected chi connectivity index (χ4v) is 2.68. The molecule has 9 heteroatoms.